The summed E-state index contributed by atoms with van der Waals surface area (Å²) in [6.07, 6.45) is 1.36. The molecule has 0 unspecified atom stereocenters. The first-order valence-electron chi connectivity index (χ1n) is 8.51. The summed E-state index contributed by atoms with van der Waals surface area (Å²) in [6.45, 7) is -0.813. The molecule has 0 saturated heterocycles. The third-order valence-corrected chi connectivity index (χ3v) is 4.98. The highest BCUT2D eigenvalue weighted by atomic mass is 79.9. The highest BCUT2D eigenvalue weighted by Gasteiger charge is 2.22. The number of hydrogen-bond donors (Lipinski definition) is 3. The van der Waals surface area contributed by atoms with Crippen LogP contribution in [0.5, 0.6) is 0 Å². The molecule has 0 aliphatic carbocycles. The molecule has 0 aliphatic heterocycles. The second kappa shape index (κ2) is 9.23. The van der Waals surface area contributed by atoms with E-state index in [0.717, 1.165) is 0 Å². The maximum absolute atomic E-state index is 15.2. The molecule has 2 aromatic carbocycles. The third kappa shape index (κ3) is 5.54. The zero-order valence-electron chi connectivity index (χ0n) is 15.9. The highest BCUT2D eigenvalue weighted by molar-refractivity contribution is 9.10. The molecule has 3 aromatic rings. The standard InChI is InChI=1S/C17H16BrF2N5O5S/c1-25-8-22-16-13(25)7-10(17(26)24-29-4-5-30-31(21,27)28)15(14(16)20)23-12-3-2-9(18)6-11(12)19/h2-3,6-8,23H,4-5H2,1H3,(H,24,26)(H2,21,27,28). The predicted octanol–water partition coefficient (Wildman–Crippen LogP) is 2.24. The molecule has 166 valence electrons. The van der Waals surface area contributed by atoms with Crippen LogP contribution >= 0.6 is 15.9 Å². The number of fused-ring (bicyclic) bond motifs is 1. The average Bonchev–Trinajstić information content (AvgIpc) is 3.05. The van der Waals surface area contributed by atoms with Gasteiger partial charge in [-0.25, -0.2) is 24.4 Å². The number of nitrogens with one attached hydrogen (secondary N) is 2. The Kier molecular flexibility index (Phi) is 6.86. The quantitative estimate of drug-likeness (QED) is 0.306. The van der Waals surface area contributed by atoms with E-state index in [9.17, 15) is 17.6 Å². The van der Waals surface area contributed by atoms with Gasteiger partial charge in [0.1, 0.15) is 11.3 Å². The molecular formula is C17H16BrF2N5O5S. The molecule has 0 radical (unpaired) electrons. The van der Waals surface area contributed by atoms with Crippen molar-refractivity contribution in [3.8, 4) is 0 Å². The fraction of sp³-hybridized carbons (Fsp3) is 0.176. The summed E-state index contributed by atoms with van der Waals surface area (Å²) in [7, 11) is -2.54. The number of hydroxylamine groups is 1. The van der Waals surface area contributed by atoms with Gasteiger partial charge in [-0.15, -0.1) is 0 Å². The summed E-state index contributed by atoms with van der Waals surface area (Å²) >= 11 is 3.13. The summed E-state index contributed by atoms with van der Waals surface area (Å²) < 4.78 is 57.1. The van der Waals surface area contributed by atoms with Gasteiger partial charge in [0.25, 0.3) is 5.91 Å². The number of anilines is 2. The van der Waals surface area contributed by atoms with Crippen molar-refractivity contribution in [3.05, 3.63) is 52.3 Å². The van der Waals surface area contributed by atoms with Crippen molar-refractivity contribution in [2.75, 3.05) is 18.5 Å². The van der Waals surface area contributed by atoms with Crippen LogP contribution < -0.4 is 15.9 Å². The monoisotopic (exact) mass is 519 g/mol. The number of aryl methyl sites for hydroxylation is 1. The Bertz CT molecular complexity index is 1250. The molecule has 1 aromatic heterocycles. The number of halogens is 3. The van der Waals surface area contributed by atoms with Gasteiger partial charge in [0.05, 0.1) is 42.0 Å². The van der Waals surface area contributed by atoms with E-state index in [2.05, 4.69) is 35.6 Å². The molecule has 31 heavy (non-hydrogen) atoms. The van der Waals surface area contributed by atoms with E-state index in [1.165, 1.54) is 35.2 Å². The lowest BCUT2D eigenvalue weighted by atomic mass is 10.1. The van der Waals surface area contributed by atoms with Crippen LogP contribution in [0.1, 0.15) is 10.4 Å². The van der Waals surface area contributed by atoms with Crippen molar-refractivity contribution in [1.29, 1.82) is 0 Å². The Morgan fingerprint density at radius 2 is 2.03 bits per heavy atom. The summed E-state index contributed by atoms with van der Waals surface area (Å²) in [4.78, 5) is 21.4. The van der Waals surface area contributed by atoms with Crippen LogP contribution in [-0.2, 0) is 26.4 Å². The molecule has 3 rings (SSSR count). The Hall–Kier alpha value is -2.65. The Labute approximate surface area is 183 Å². The number of amides is 1. The summed E-state index contributed by atoms with van der Waals surface area (Å²) in [6, 6.07) is 5.43. The molecule has 0 spiro atoms. The fourth-order valence-corrected chi connectivity index (χ4v) is 3.25. The topological polar surface area (TPSA) is 138 Å². The molecule has 0 atom stereocenters. The minimum Gasteiger partial charge on any atom is -0.350 e. The van der Waals surface area contributed by atoms with Gasteiger partial charge in [-0.2, -0.15) is 8.42 Å². The van der Waals surface area contributed by atoms with Crippen LogP contribution in [0.15, 0.2) is 35.1 Å². The minimum atomic E-state index is -4.15. The van der Waals surface area contributed by atoms with E-state index in [-0.39, 0.29) is 29.1 Å². The number of carbonyl (C=O) groups is 1. The average molecular weight is 520 g/mol. The molecule has 0 fully saturated rings. The molecule has 1 heterocycles. The van der Waals surface area contributed by atoms with E-state index in [4.69, 9.17) is 4.84 Å². The van der Waals surface area contributed by atoms with E-state index in [1.807, 2.05) is 5.48 Å². The van der Waals surface area contributed by atoms with Crippen LogP contribution in [0.25, 0.3) is 11.0 Å². The minimum absolute atomic E-state index is 0.0264. The molecular weight excluding hydrogens is 504 g/mol. The van der Waals surface area contributed by atoms with Crippen LogP contribution in [0.4, 0.5) is 20.2 Å². The van der Waals surface area contributed by atoms with E-state index in [0.29, 0.717) is 9.99 Å². The van der Waals surface area contributed by atoms with Gasteiger partial charge in [-0.1, -0.05) is 15.9 Å². The van der Waals surface area contributed by atoms with Crippen molar-refractivity contribution in [3.63, 3.8) is 0 Å². The summed E-state index contributed by atoms with van der Waals surface area (Å²) in [5, 5.41) is 7.26. The third-order valence-electron chi connectivity index (χ3n) is 3.99. The van der Waals surface area contributed by atoms with E-state index >= 15 is 4.39 Å². The SMILES string of the molecule is Cn1cnc2c(F)c(Nc3ccc(Br)cc3F)c(C(=O)NOCCOS(N)(=O)=O)cc21. The summed E-state index contributed by atoms with van der Waals surface area (Å²) in [5.41, 5.74) is 1.72. The Morgan fingerprint density at radius 1 is 1.29 bits per heavy atom. The molecule has 4 N–H and O–H groups in total. The number of imidazole rings is 1. The van der Waals surface area contributed by atoms with Crippen LogP contribution in [0.2, 0.25) is 0 Å². The van der Waals surface area contributed by atoms with Gasteiger partial charge in [0.15, 0.2) is 5.82 Å². The smallest absolute Gasteiger partial charge is 0.333 e. The first-order valence-corrected chi connectivity index (χ1v) is 10.8. The van der Waals surface area contributed by atoms with Gasteiger partial charge in [-0.05, 0) is 24.3 Å². The summed E-state index contributed by atoms with van der Waals surface area (Å²) in [5.74, 6) is -2.43. The Balaban J connectivity index is 1.90. The molecule has 0 bridgehead atoms. The number of carbonyl (C=O) groups excluding carboxylic acids is 1. The molecule has 0 saturated carbocycles. The normalized spacial score (nSPS) is 11.6. The first-order chi connectivity index (χ1) is 14.6. The number of nitrogens with two attached hydrogens (primary N) is 1. The van der Waals surface area contributed by atoms with Crippen LogP contribution in [0.3, 0.4) is 0 Å². The first kappa shape index (κ1) is 23.0. The van der Waals surface area contributed by atoms with Gasteiger partial charge < -0.3 is 9.88 Å². The zero-order chi connectivity index (χ0) is 22.8. The van der Waals surface area contributed by atoms with Crippen LogP contribution in [0, 0.1) is 11.6 Å². The maximum Gasteiger partial charge on any atom is 0.333 e. The second-order valence-corrected chi connectivity index (χ2v) is 8.32. The van der Waals surface area contributed by atoms with Crippen molar-refractivity contribution in [2.24, 2.45) is 12.2 Å². The van der Waals surface area contributed by atoms with Gasteiger partial charge in [0.2, 0.25) is 0 Å². The number of rotatable bonds is 8. The van der Waals surface area contributed by atoms with Gasteiger partial charge >= 0.3 is 10.3 Å². The number of aromatic nitrogens is 2. The molecule has 0 aliphatic rings. The lowest BCUT2D eigenvalue weighted by Crippen LogP contribution is -2.27. The Morgan fingerprint density at radius 3 is 2.71 bits per heavy atom. The van der Waals surface area contributed by atoms with Crippen molar-refractivity contribution < 1.29 is 31.0 Å². The lowest BCUT2D eigenvalue weighted by Gasteiger charge is -2.15. The molecule has 10 nitrogen and oxygen atoms in total. The zero-order valence-corrected chi connectivity index (χ0v) is 18.3. The second-order valence-electron chi connectivity index (χ2n) is 6.18. The van der Waals surface area contributed by atoms with Crippen molar-refractivity contribution >= 4 is 54.5 Å². The number of benzene rings is 2. The fourth-order valence-electron chi connectivity index (χ4n) is 2.61. The lowest BCUT2D eigenvalue weighted by molar-refractivity contribution is 0.0209. The van der Waals surface area contributed by atoms with Gasteiger partial charge in [-0.3, -0.25) is 13.8 Å². The number of hydrogen-bond acceptors (Lipinski definition) is 7. The number of nitrogens with zero attached hydrogens (tertiary/aromatic N) is 2. The van der Waals surface area contributed by atoms with Crippen LogP contribution in [-0.4, -0.2) is 37.1 Å². The molecule has 14 heteroatoms. The largest absolute Gasteiger partial charge is 0.350 e. The maximum atomic E-state index is 15.2. The van der Waals surface area contributed by atoms with E-state index < -0.39 is 34.5 Å². The van der Waals surface area contributed by atoms with Crippen molar-refractivity contribution in [2.45, 2.75) is 0 Å². The van der Waals surface area contributed by atoms with Gasteiger partial charge in [0, 0.05) is 11.5 Å². The molecule has 1 amide bonds. The predicted molar refractivity (Wildman–Crippen MR) is 111 cm³/mol. The van der Waals surface area contributed by atoms with Crippen molar-refractivity contribution in [1.82, 2.24) is 15.0 Å². The van der Waals surface area contributed by atoms with E-state index in [1.54, 1.807) is 7.05 Å². The highest BCUT2D eigenvalue weighted by Crippen LogP contribution is 2.32.